The summed E-state index contributed by atoms with van der Waals surface area (Å²) in [6, 6.07) is 17.9. The second kappa shape index (κ2) is 10.1. The fourth-order valence-corrected chi connectivity index (χ4v) is 3.79. The van der Waals surface area contributed by atoms with Gasteiger partial charge in [0.1, 0.15) is 5.75 Å². The van der Waals surface area contributed by atoms with Gasteiger partial charge in [-0.1, -0.05) is 30.3 Å². The van der Waals surface area contributed by atoms with Crippen molar-refractivity contribution in [2.75, 3.05) is 45.7 Å². The molecule has 1 N–H and O–H groups in total. The van der Waals surface area contributed by atoms with Crippen molar-refractivity contribution in [3.63, 3.8) is 0 Å². The predicted octanol–water partition coefficient (Wildman–Crippen LogP) is 4.11. The smallest absolute Gasteiger partial charge is 0.321 e. The van der Waals surface area contributed by atoms with Gasteiger partial charge in [-0.25, -0.2) is 4.79 Å². The van der Waals surface area contributed by atoms with Crippen LogP contribution < -0.4 is 10.1 Å². The van der Waals surface area contributed by atoms with Gasteiger partial charge in [0, 0.05) is 32.4 Å². The molecular formula is C23H31N3O2. The van der Waals surface area contributed by atoms with E-state index in [1.54, 1.807) is 7.11 Å². The van der Waals surface area contributed by atoms with Crippen molar-refractivity contribution in [1.29, 1.82) is 0 Å². The highest BCUT2D eigenvalue weighted by Gasteiger charge is 2.22. The van der Waals surface area contributed by atoms with Crippen molar-refractivity contribution in [3.8, 4) is 5.75 Å². The Morgan fingerprint density at radius 3 is 2.64 bits per heavy atom. The van der Waals surface area contributed by atoms with Gasteiger partial charge in [0.05, 0.1) is 7.11 Å². The van der Waals surface area contributed by atoms with Gasteiger partial charge < -0.3 is 19.9 Å². The van der Waals surface area contributed by atoms with Gasteiger partial charge in [-0.15, -0.1) is 0 Å². The highest BCUT2D eigenvalue weighted by Crippen LogP contribution is 2.19. The third kappa shape index (κ3) is 5.99. The molecule has 28 heavy (non-hydrogen) atoms. The molecule has 150 valence electrons. The number of nitrogens with one attached hydrogen (secondary N) is 1. The first-order chi connectivity index (χ1) is 13.6. The van der Waals surface area contributed by atoms with E-state index in [0.717, 1.165) is 44.0 Å². The van der Waals surface area contributed by atoms with Gasteiger partial charge in [-0.05, 0) is 61.6 Å². The van der Waals surface area contributed by atoms with E-state index in [1.807, 2.05) is 54.4 Å². The molecule has 1 unspecified atom stereocenters. The number of urea groups is 1. The first kappa shape index (κ1) is 20.2. The second-order valence-electron chi connectivity index (χ2n) is 7.58. The fourth-order valence-electron chi connectivity index (χ4n) is 3.79. The summed E-state index contributed by atoms with van der Waals surface area (Å²) in [7, 11) is 3.58. The Labute approximate surface area is 168 Å². The molecule has 1 aliphatic heterocycles. The molecule has 1 fully saturated rings. The molecule has 0 aliphatic carbocycles. The van der Waals surface area contributed by atoms with E-state index >= 15 is 0 Å². The number of nitrogens with zero attached hydrogens (tertiary/aromatic N) is 2. The SMILES string of the molecule is COc1ccc(CCN2CCCC(CN(C)C(=O)Nc3ccccc3)C2)cc1. The average Bonchev–Trinajstić information content (AvgIpc) is 2.73. The number of hydrogen-bond donors (Lipinski definition) is 1. The Morgan fingerprint density at radius 1 is 1.18 bits per heavy atom. The third-order valence-electron chi connectivity index (χ3n) is 5.38. The van der Waals surface area contributed by atoms with Gasteiger partial charge in [-0.3, -0.25) is 0 Å². The van der Waals surface area contributed by atoms with Crippen LogP contribution in [0.1, 0.15) is 18.4 Å². The predicted molar refractivity (Wildman–Crippen MR) is 114 cm³/mol. The molecule has 2 amide bonds. The average molecular weight is 382 g/mol. The van der Waals surface area contributed by atoms with Crippen LogP contribution in [0.5, 0.6) is 5.75 Å². The molecule has 2 aromatic carbocycles. The Morgan fingerprint density at radius 2 is 1.93 bits per heavy atom. The minimum atomic E-state index is -0.0402. The maximum atomic E-state index is 12.4. The molecule has 0 bridgehead atoms. The Balaban J connectivity index is 1.44. The van der Waals surface area contributed by atoms with Gasteiger partial charge in [0.2, 0.25) is 0 Å². The van der Waals surface area contributed by atoms with Gasteiger partial charge >= 0.3 is 6.03 Å². The maximum absolute atomic E-state index is 12.4. The van der Waals surface area contributed by atoms with E-state index in [-0.39, 0.29) is 6.03 Å². The molecule has 0 saturated carbocycles. The number of likely N-dealkylation sites (tertiary alicyclic amines) is 1. The molecule has 2 aromatic rings. The van der Waals surface area contributed by atoms with Crippen LogP contribution in [0.4, 0.5) is 10.5 Å². The minimum absolute atomic E-state index is 0.0402. The Hall–Kier alpha value is -2.53. The van der Waals surface area contributed by atoms with Crippen LogP contribution in [0.2, 0.25) is 0 Å². The largest absolute Gasteiger partial charge is 0.497 e. The number of anilines is 1. The number of piperidine rings is 1. The topological polar surface area (TPSA) is 44.8 Å². The Kier molecular flexibility index (Phi) is 7.31. The molecule has 5 heteroatoms. The summed E-state index contributed by atoms with van der Waals surface area (Å²) >= 11 is 0. The van der Waals surface area contributed by atoms with Crippen molar-refractivity contribution in [2.45, 2.75) is 19.3 Å². The zero-order valence-corrected chi connectivity index (χ0v) is 16.9. The quantitative estimate of drug-likeness (QED) is 0.785. The zero-order chi connectivity index (χ0) is 19.8. The molecule has 0 radical (unpaired) electrons. The lowest BCUT2D eigenvalue weighted by molar-refractivity contribution is 0.150. The number of methoxy groups -OCH3 is 1. The zero-order valence-electron chi connectivity index (χ0n) is 16.9. The number of ether oxygens (including phenoxy) is 1. The maximum Gasteiger partial charge on any atom is 0.321 e. The number of hydrogen-bond acceptors (Lipinski definition) is 3. The van der Waals surface area contributed by atoms with Crippen LogP contribution in [-0.2, 0) is 6.42 Å². The number of rotatable bonds is 7. The van der Waals surface area contributed by atoms with Gasteiger partial charge in [-0.2, -0.15) is 0 Å². The van der Waals surface area contributed by atoms with E-state index in [4.69, 9.17) is 4.74 Å². The van der Waals surface area contributed by atoms with Crippen molar-refractivity contribution >= 4 is 11.7 Å². The summed E-state index contributed by atoms with van der Waals surface area (Å²) in [5, 5.41) is 2.96. The van der Waals surface area contributed by atoms with Crippen molar-refractivity contribution in [3.05, 3.63) is 60.2 Å². The first-order valence-electron chi connectivity index (χ1n) is 10.1. The lowest BCUT2D eigenvalue weighted by Gasteiger charge is -2.34. The summed E-state index contributed by atoms with van der Waals surface area (Å²) in [6.07, 6.45) is 3.42. The Bertz CT molecular complexity index is 733. The van der Waals surface area contributed by atoms with Crippen LogP contribution >= 0.6 is 0 Å². The standard InChI is InChI=1S/C23H31N3O2/c1-25(23(27)24-21-8-4-3-5-9-21)17-20-7-6-15-26(18-20)16-14-19-10-12-22(28-2)13-11-19/h3-5,8-13,20H,6-7,14-18H2,1-2H3,(H,24,27). The lowest BCUT2D eigenvalue weighted by Crippen LogP contribution is -2.43. The normalized spacial score (nSPS) is 17.1. The van der Waals surface area contributed by atoms with E-state index in [2.05, 4.69) is 22.3 Å². The summed E-state index contributed by atoms with van der Waals surface area (Å²) < 4.78 is 5.22. The number of carbonyl (C=O) groups excluding carboxylic acids is 1. The van der Waals surface area contributed by atoms with Crippen LogP contribution in [0.15, 0.2) is 54.6 Å². The van der Waals surface area contributed by atoms with Gasteiger partial charge in [0.15, 0.2) is 0 Å². The van der Waals surface area contributed by atoms with E-state index in [1.165, 1.54) is 18.4 Å². The number of para-hydroxylation sites is 1. The van der Waals surface area contributed by atoms with Gasteiger partial charge in [0.25, 0.3) is 0 Å². The molecule has 1 saturated heterocycles. The van der Waals surface area contributed by atoms with Crippen LogP contribution in [0.3, 0.4) is 0 Å². The second-order valence-corrected chi connectivity index (χ2v) is 7.58. The monoisotopic (exact) mass is 381 g/mol. The fraction of sp³-hybridized carbons (Fsp3) is 0.435. The van der Waals surface area contributed by atoms with E-state index < -0.39 is 0 Å². The molecule has 1 heterocycles. The van der Waals surface area contributed by atoms with Crippen molar-refractivity contribution < 1.29 is 9.53 Å². The number of carbonyl (C=O) groups is 1. The number of amides is 2. The molecule has 1 atom stereocenters. The van der Waals surface area contributed by atoms with E-state index in [9.17, 15) is 4.79 Å². The first-order valence-corrected chi connectivity index (χ1v) is 10.1. The van der Waals surface area contributed by atoms with Crippen LogP contribution in [0.25, 0.3) is 0 Å². The summed E-state index contributed by atoms with van der Waals surface area (Å²) in [6.45, 7) is 4.05. The lowest BCUT2D eigenvalue weighted by atomic mass is 9.97. The molecular weight excluding hydrogens is 350 g/mol. The highest BCUT2D eigenvalue weighted by molar-refractivity contribution is 5.89. The van der Waals surface area contributed by atoms with Crippen LogP contribution in [-0.4, -0.2) is 56.2 Å². The van der Waals surface area contributed by atoms with Crippen molar-refractivity contribution in [2.24, 2.45) is 5.92 Å². The summed E-state index contributed by atoms with van der Waals surface area (Å²) in [4.78, 5) is 16.8. The molecule has 0 aromatic heterocycles. The van der Waals surface area contributed by atoms with Crippen LogP contribution in [0, 0.1) is 5.92 Å². The molecule has 3 rings (SSSR count). The molecule has 1 aliphatic rings. The van der Waals surface area contributed by atoms with E-state index in [0.29, 0.717) is 5.92 Å². The molecule has 0 spiro atoms. The summed E-state index contributed by atoms with van der Waals surface area (Å²) in [5.74, 6) is 1.43. The highest BCUT2D eigenvalue weighted by atomic mass is 16.5. The minimum Gasteiger partial charge on any atom is -0.497 e. The molecule has 5 nitrogen and oxygen atoms in total. The third-order valence-corrected chi connectivity index (χ3v) is 5.38. The summed E-state index contributed by atoms with van der Waals surface area (Å²) in [5.41, 5.74) is 2.17. The number of benzene rings is 2. The van der Waals surface area contributed by atoms with Crippen molar-refractivity contribution in [1.82, 2.24) is 9.80 Å².